The molecule has 0 saturated carbocycles. The van der Waals surface area contributed by atoms with Crippen molar-refractivity contribution in [3.63, 3.8) is 0 Å². The van der Waals surface area contributed by atoms with Crippen LogP contribution in [-0.4, -0.2) is 17.6 Å². The fourth-order valence-corrected chi connectivity index (χ4v) is 1.83. The third-order valence-corrected chi connectivity index (χ3v) is 2.79. The second-order valence-corrected chi connectivity index (χ2v) is 4.22. The first-order valence-electron chi connectivity index (χ1n) is 5.89. The lowest BCUT2D eigenvalue weighted by Gasteiger charge is -1.99. The minimum atomic E-state index is -0.310. The molecular formula is C15H12ClNO2. The van der Waals surface area contributed by atoms with Crippen molar-refractivity contribution in [2.24, 2.45) is 0 Å². The summed E-state index contributed by atoms with van der Waals surface area (Å²) in [5, 5.41) is 1.49. The average Bonchev–Trinajstić information content (AvgIpc) is 2.40. The first kappa shape index (κ1) is 13.4. The highest BCUT2D eigenvalue weighted by Gasteiger charge is 2.00. The van der Waals surface area contributed by atoms with E-state index in [1.807, 2.05) is 18.2 Å². The van der Waals surface area contributed by atoms with Crippen LogP contribution in [0.3, 0.4) is 0 Å². The molecule has 0 spiro atoms. The SMILES string of the molecule is CCOC(=O)CC#Cc1ccc2nccc(Cl)c2c1. The number of benzene rings is 1. The molecule has 2 rings (SSSR count). The first-order valence-corrected chi connectivity index (χ1v) is 6.27. The van der Waals surface area contributed by atoms with E-state index in [1.54, 1.807) is 19.2 Å². The topological polar surface area (TPSA) is 39.2 Å². The summed E-state index contributed by atoms with van der Waals surface area (Å²) in [4.78, 5) is 15.4. The number of nitrogens with zero attached hydrogens (tertiary/aromatic N) is 1. The number of esters is 1. The number of aromatic nitrogens is 1. The van der Waals surface area contributed by atoms with Crippen molar-refractivity contribution < 1.29 is 9.53 Å². The molecule has 0 saturated heterocycles. The van der Waals surface area contributed by atoms with Crippen molar-refractivity contribution in [2.75, 3.05) is 6.61 Å². The molecule has 0 radical (unpaired) electrons. The largest absolute Gasteiger partial charge is 0.465 e. The van der Waals surface area contributed by atoms with E-state index in [9.17, 15) is 4.79 Å². The molecule has 19 heavy (non-hydrogen) atoms. The number of fused-ring (bicyclic) bond motifs is 1. The lowest BCUT2D eigenvalue weighted by molar-refractivity contribution is -0.141. The molecule has 1 heterocycles. The van der Waals surface area contributed by atoms with Gasteiger partial charge in [-0.05, 0) is 31.2 Å². The minimum absolute atomic E-state index is 0.0899. The molecule has 3 nitrogen and oxygen atoms in total. The molecule has 1 aromatic heterocycles. The van der Waals surface area contributed by atoms with Gasteiger partial charge in [0.25, 0.3) is 0 Å². The van der Waals surface area contributed by atoms with E-state index in [-0.39, 0.29) is 12.4 Å². The molecular weight excluding hydrogens is 262 g/mol. The molecule has 0 atom stereocenters. The third-order valence-electron chi connectivity index (χ3n) is 2.46. The van der Waals surface area contributed by atoms with Gasteiger partial charge < -0.3 is 4.74 Å². The van der Waals surface area contributed by atoms with E-state index < -0.39 is 0 Å². The van der Waals surface area contributed by atoms with E-state index >= 15 is 0 Å². The van der Waals surface area contributed by atoms with Crippen molar-refractivity contribution in [2.45, 2.75) is 13.3 Å². The molecule has 0 bridgehead atoms. The van der Waals surface area contributed by atoms with E-state index in [4.69, 9.17) is 16.3 Å². The molecule has 0 N–H and O–H groups in total. The van der Waals surface area contributed by atoms with Crippen LogP contribution in [0.1, 0.15) is 18.9 Å². The molecule has 0 amide bonds. The fourth-order valence-electron chi connectivity index (χ4n) is 1.62. The van der Waals surface area contributed by atoms with Gasteiger partial charge in [0.15, 0.2) is 0 Å². The maximum atomic E-state index is 11.1. The van der Waals surface area contributed by atoms with Gasteiger partial charge in [0.05, 0.1) is 17.1 Å². The second-order valence-electron chi connectivity index (χ2n) is 3.81. The van der Waals surface area contributed by atoms with Gasteiger partial charge in [-0.2, -0.15) is 0 Å². The lowest BCUT2D eigenvalue weighted by atomic mass is 10.1. The van der Waals surface area contributed by atoms with Gasteiger partial charge in [-0.15, -0.1) is 0 Å². The van der Waals surface area contributed by atoms with E-state index in [1.165, 1.54) is 0 Å². The maximum Gasteiger partial charge on any atom is 0.317 e. The first-order chi connectivity index (χ1) is 9.20. The van der Waals surface area contributed by atoms with Gasteiger partial charge in [-0.3, -0.25) is 9.78 Å². The highest BCUT2D eigenvalue weighted by molar-refractivity contribution is 6.35. The zero-order chi connectivity index (χ0) is 13.7. The number of carbonyl (C=O) groups excluding carboxylic acids is 1. The van der Waals surface area contributed by atoms with Crippen molar-refractivity contribution in [3.05, 3.63) is 41.0 Å². The number of rotatable bonds is 2. The molecule has 0 aliphatic rings. The van der Waals surface area contributed by atoms with Gasteiger partial charge in [-0.1, -0.05) is 23.4 Å². The Kier molecular flexibility index (Phi) is 4.38. The Balaban J connectivity index is 2.20. The number of hydrogen-bond acceptors (Lipinski definition) is 3. The Morgan fingerprint density at radius 2 is 2.26 bits per heavy atom. The Hall–Kier alpha value is -2.05. The zero-order valence-corrected chi connectivity index (χ0v) is 11.2. The summed E-state index contributed by atoms with van der Waals surface area (Å²) in [5.74, 6) is 5.39. The Morgan fingerprint density at radius 1 is 1.42 bits per heavy atom. The monoisotopic (exact) mass is 273 g/mol. The quantitative estimate of drug-likeness (QED) is 0.623. The van der Waals surface area contributed by atoms with Crippen LogP contribution in [0.5, 0.6) is 0 Å². The maximum absolute atomic E-state index is 11.1. The average molecular weight is 274 g/mol. The van der Waals surface area contributed by atoms with E-state index in [0.717, 1.165) is 16.5 Å². The number of pyridine rings is 1. The van der Waals surface area contributed by atoms with Crippen molar-refractivity contribution in [1.29, 1.82) is 0 Å². The second kappa shape index (κ2) is 6.21. The van der Waals surface area contributed by atoms with Crippen LogP contribution in [-0.2, 0) is 9.53 Å². The van der Waals surface area contributed by atoms with Crippen LogP contribution >= 0.6 is 11.6 Å². The predicted molar refractivity (Wildman–Crippen MR) is 74.9 cm³/mol. The highest BCUT2D eigenvalue weighted by atomic mass is 35.5. The van der Waals surface area contributed by atoms with Crippen LogP contribution in [0.4, 0.5) is 0 Å². The van der Waals surface area contributed by atoms with E-state index in [2.05, 4.69) is 16.8 Å². The predicted octanol–water partition coefficient (Wildman–Crippen LogP) is 3.19. The smallest absolute Gasteiger partial charge is 0.317 e. The molecule has 0 aliphatic carbocycles. The van der Waals surface area contributed by atoms with Crippen molar-refractivity contribution in [3.8, 4) is 11.8 Å². The summed E-state index contributed by atoms with van der Waals surface area (Å²) in [6.45, 7) is 2.14. The van der Waals surface area contributed by atoms with Crippen molar-refractivity contribution in [1.82, 2.24) is 4.98 Å². The summed E-state index contributed by atoms with van der Waals surface area (Å²) in [7, 11) is 0. The molecule has 1 aromatic carbocycles. The number of halogens is 1. The van der Waals surface area contributed by atoms with Crippen LogP contribution in [0.15, 0.2) is 30.5 Å². The Bertz CT molecular complexity index is 671. The van der Waals surface area contributed by atoms with Gasteiger partial charge in [0.1, 0.15) is 6.42 Å². The van der Waals surface area contributed by atoms with Crippen LogP contribution < -0.4 is 0 Å². The summed E-state index contributed by atoms with van der Waals surface area (Å²) in [6, 6.07) is 7.31. The third kappa shape index (κ3) is 3.46. The van der Waals surface area contributed by atoms with Crippen LogP contribution in [0.2, 0.25) is 5.02 Å². The minimum Gasteiger partial charge on any atom is -0.465 e. The summed E-state index contributed by atoms with van der Waals surface area (Å²) in [6.07, 6.45) is 1.75. The molecule has 0 fully saturated rings. The van der Waals surface area contributed by atoms with Crippen LogP contribution in [0, 0.1) is 11.8 Å². The Labute approximate surface area is 116 Å². The standard InChI is InChI=1S/C15H12ClNO2/c1-2-19-15(18)5-3-4-11-6-7-14-12(10-11)13(16)8-9-17-14/h6-10H,2,5H2,1H3. The van der Waals surface area contributed by atoms with Gasteiger partial charge in [0.2, 0.25) is 0 Å². The summed E-state index contributed by atoms with van der Waals surface area (Å²) >= 11 is 6.09. The molecule has 0 unspecified atom stereocenters. The fraction of sp³-hybridized carbons (Fsp3) is 0.200. The number of ether oxygens (including phenoxy) is 1. The van der Waals surface area contributed by atoms with Gasteiger partial charge >= 0.3 is 5.97 Å². The molecule has 4 heteroatoms. The summed E-state index contributed by atoms with van der Waals surface area (Å²) in [5.41, 5.74) is 1.62. The summed E-state index contributed by atoms with van der Waals surface area (Å²) < 4.78 is 4.80. The Morgan fingerprint density at radius 3 is 3.05 bits per heavy atom. The number of carbonyl (C=O) groups is 1. The molecule has 96 valence electrons. The normalized spacial score (nSPS) is 9.79. The van der Waals surface area contributed by atoms with Crippen LogP contribution in [0.25, 0.3) is 10.9 Å². The van der Waals surface area contributed by atoms with Gasteiger partial charge in [0, 0.05) is 17.1 Å². The zero-order valence-electron chi connectivity index (χ0n) is 10.4. The lowest BCUT2D eigenvalue weighted by Crippen LogP contribution is -2.01. The molecule has 2 aromatic rings. The number of hydrogen-bond donors (Lipinski definition) is 0. The van der Waals surface area contributed by atoms with E-state index in [0.29, 0.717) is 11.6 Å². The van der Waals surface area contributed by atoms with Gasteiger partial charge in [-0.25, -0.2) is 0 Å². The van der Waals surface area contributed by atoms with Crippen molar-refractivity contribution >= 4 is 28.5 Å². The molecule has 0 aliphatic heterocycles. The highest BCUT2D eigenvalue weighted by Crippen LogP contribution is 2.22.